The van der Waals surface area contributed by atoms with E-state index in [1.807, 2.05) is 48.7 Å². The Balaban J connectivity index is 1.28. The summed E-state index contributed by atoms with van der Waals surface area (Å²) in [4.78, 5) is 21.0. The summed E-state index contributed by atoms with van der Waals surface area (Å²) in [5.74, 6) is 1.99. The number of benzene rings is 2. The number of anilines is 2. The van der Waals surface area contributed by atoms with Gasteiger partial charge < -0.3 is 15.0 Å². The number of nitrogens with zero attached hydrogens (tertiary/aromatic N) is 3. The fourth-order valence-electron chi connectivity index (χ4n) is 5.73. The van der Waals surface area contributed by atoms with Gasteiger partial charge in [-0.3, -0.25) is 9.69 Å². The Bertz CT molecular complexity index is 1480. The first-order chi connectivity index (χ1) is 20.2. The molecule has 5 rings (SSSR count). The third-order valence-electron chi connectivity index (χ3n) is 8.40. The molecule has 0 saturated heterocycles. The lowest BCUT2D eigenvalue weighted by Crippen LogP contribution is -2.35. The number of hydrogen-bond acceptors (Lipinski definition) is 6. The minimum Gasteiger partial charge on any atom is -0.455 e. The van der Waals surface area contributed by atoms with Gasteiger partial charge in [0.25, 0.3) is 0 Å². The van der Waals surface area contributed by atoms with Crippen molar-refractivity contribution in [3.8, 4) is 11.5 Å². The number of allylic oxidation sites excluding steroid dienone is 2. The number of aromatic nitrogens is 1. The van der Waals surface area contributed by atoms with Gasteiger partial charge in [-0.2, -0.15) is 0 Å². The number of halogens is 1. The molecule has 1 aliphatic carbocycles. The van der Waals surface area contributed by atoms with E-state index in [2.05, 4.69) is 60.1 Å². The molecular weight excluding hydrogens is 544 g/mol. The monoisotopic (exact) mass is 584 g/mol. The van der Waals surface area contributed by atoms with Crippen LogP contribution in [-0.4, -0.2) is 49.4 Å². The summed E-state index contributed by atoms with van der Waals surface area (Å²) < 4.78 is 6.19. The molecule has 3 aromatic rings. The van der Waals surface area contributed by atoms with E-state index in [1.54, 1.807) is 6.20 Å². The zero-order valence-electron chi connectivity index (χ0n) is 25.1. The van der Waals surface area contributed by atoms with Gasteiger partial charge in [0, 0.05) is 49.0 Å². The number of pyridine rings is 1. The van der Waals surface area contributed by atoms with E-state index in [0.29, 0.717) is 22.5 Å². The van der Waals surface area contributed by atoms with Gasteiger partial charge in [-0.25, -0.2) is 4.98 Å². The number of aldehydes is 1. The van der Waals surface area contributed by atoms with Crippen LogP contribution in [0.5, 0.6) is 11.5 Å². The second-order valence-corrected chi connectivity index (χ2v) is 12.5. The van der Waals surface area contributed by atoms with Crippen molar-refractivity contribution >= 4 is 35.0 Å². The maximum atomic E-state index is 11.8. The molecule has 0 amide bonds. The quantitative estimate of drug-likeness (QED) is 0.229. The SMILES string of the molecule is CCN(CCN(C)c1ccc(C=O)c(Oc2cnc3c(c2)CC=CN3)c1)CC1=C(c2ccc(Cl)cc2)CC(C)(C)CC1. The van der Waals surface area contributed by atoms with E-state index in [4.69, 9.17) is 16.3 Å². The number of carbonyl (C=O) groups excluding carboxylic acids is 1. The molecule has 0 saturated carbocycles. The van der Waals surface area contributed by atoms with Crippen LogP contribution in [0.4, 0.5) is 11.5 Å². The highest BCUT2D eigenvalue weighted by molar-refractivity contribution is 6.30. The Kier molecular flexibility index (Phi) is 9.34. The van der Waals surface area contributed by atoms with Crippen molar-refractivity contribution in [3.05, 3.63) is 94.3 Å². The highest BCUT2D eigenvalue weighted by Crippen LogP contribution is 2.43. The summed E-state index contributed by atoms with van der Waals surface area (Å²) in [5.41, 5.74) is 7.18. The Labute approximate surface area is 255 Å². The molecule has 0 fully saturated rings. The summed E-state index contributed by atoms with van der Waals surface area (Å²) in [7, 11) is 2.09. The van der Waals surface area contributed by atoms with Crippen LogP contribution in [0, 0.1) is 5.41 Å². The molecule has 0 radical (unpaired) electrons. The van der Waals surface area contributed by atoms with Crippen LogP contribution in [0.25, 0.3) is 5.57 Å². The van der Waals surface area contributed by atoms with Gasteiger partial charge in [-0.1, -0.05) is 56.2 Å². The van der Waals surface area contributed by atoms with Crippen molar-refractivity contribution in [3.63, 3.8) is 0 Å². The number of rotatable bonds is 11. The fourth-order valence-corrected chi connectivity index (χ4v) is 5.86. The number of likely N-dealkylation sites (N-methyl/N-ethyl adjacent to an activating group) is 2. The van der Waals surface area contributed by atoms with Crippen LogP contribution < -0.4 is 15.0 Å². The standard InChI is InChI=1S/C35H41ClN4O2/c1-5-40(23-27-14-15-35(2,3)21-32(27)25-8-11-29(36)12-9-25)18-17-39(4)30-13-10-28(24-41)33(20-30)42-31-19-26-7-6-16-37-34(26)38-22-31/h6,8-13,16,19-20,22,24H,5,7,14-15,17-18,21,23H2,1-4H3,(H,37,38). The van der Waals surface area contributed by atoms with Crippen LogP contribution in [0.1, 0.15) is 61.5 Å². The summed E-state index contributed by atoms with van der Waals surface area (Å²) in [6.45, 7) is 10.7. The van der Waals surface area contributed by atoms with Crippen molar-refractivity contribution in [2.24, 2.45) is 5.41 Å². The molecule has 1 aromatic heterocycles. The summed E-state index contributed by atoms with van der Waals surface area (Å²) in [6, 6.07) is 16.1. The van der Waals surface area contributed by atoms with Gasteiger partial charge in [0.1, 0.15) is 17.3 Å². The number of hydrogen-bond donors (Lipinski definition) is 1. The number of carbonyl (C=O) groups is 1. The lowest BCUT2D eigenvalue weighted by atomic mass is 9.72. The maximum Gasteiger partial charge on any atom is 0.153 e. The predicted molar refractivity (Wildman–Crippen MR) is 174 cm³/mol. The highest BCUT2D eigenvalue weighted by Gasteiger charge is 2.28. The van der Waals surface area contributed by atoms with Gasteiger partial charge in [-0.15, -0.1) is 0 Å². The maximum absolute atomic E-state index is 11.8. The van der Waals surface area contributed by atoms with E-state index in [-0.39, 0.29) is 0 Å². The molecule has 6 nitrogen and oxygen atoms in total. The first-order valence-corrected chi connectivity index (χ1v) is 15.2. The second kappa shape index (κ2) is 13.1. The molecule has 1 N–H and O–H groups in total. The Hall–Kier alpha value is -3.61. The number of nitrogens with one attached hydrogen (secondary N) is 1. The third-order valence-corrected chi connectivity index (χ3v) is 8.65. The molecule has 2 aromatic carbocycles. The van der Waals surface area contributed by atoms with E-state index < -0.39 is 0 Å². The smallest absolute Gasteiger partial charge is 0.153 e. The van der Waals surface area contributed by atoms with Gasteiger partial charge in [-0.05, 0) is 85.3 Å². The molecule has 220 valence electrons. The molecule has 0 spiro atoms. The molecule has 2 aliphatic rings. The second-order valence-electron chi connectivity index (χ2n) is 12.1. The Morgan fingerprint density at radius 1 is 1.12 bits per heavy atom. The molecule has 0 unspecified atom stereocenters. The van der Waals surface area contributed by atoms with Gasteiger partial charge >= 0.3 is 0 Å². The van der Waals surface area contributed by atoms with E-state index in [1.165, 1.54) is 23.1 Å². The minimum absolute atomic E-state index is 0.298. The van der Waals surface area contributed by atoms with Crippen molar-refractivity contribution in [2.45, 2.75) is 46.5 Å². The largest absolute Gasteiger partial charge is 0.455 e. The average molecular weight is 585 g/mol. The zero-order chi connectivity index (χ0) is 29.7. The van der Waals surface area contributed by atoms with E-state index >= 15 is 0 Å². The molecule has 42 heavy (non-hydrogen) atoms. The fraction of sp³-hybridized carbons (Fsp3) is 0.371. The molecule has 7 heteroatoms. The zero-order valence-corrected chi connectivity index (χ0v) is 25.9. The number of ether oxygens (including phenoxy) is 1. The van der Waals surface area contributed by atoms with E-state index in [0.717, 1.165) is 73.8 Å². The Morgan fingerprint density at radius 2 is 1.93 bits per heavy atom. The molecule has 0 atom stereocenters. The first-order valence-electron chi connectivity index (χ1n) is 14.8. The Morgan fingerprint density at radius 3 is 2.69 bits per heavy atom. The van der Waals surface area contributed by atoms with Crippen LogP contribution in [0.3, 0.4) is 0 Å². The van der Waals surface area contributed by atoms with Crippen LogP contribution >= 0.6 is 11.6 Å². The van der Waals surface area contributed by atoms with Crippen LogP contribution in [0.15, 0.2) is 72.6 Å². The lowest BCUT2D eigenvalue weighted by molar-refractivity contribution is 0.112. The summed E-state index contributed by atoms with van der Waals surface area (Å²) >= 11 is 6.20. The highest BCUT2D eigenvalue weighted by atomic mass is 35.5. The minimum atomic E-state index is 0.298. The van der Waals surface area contributed by atoms with Crippen molar-refractivity contribution in [1.29, 1.82) is 0 Å². The molecular formula is C35H41ClN4O2. The van der Waals surface area contributed by atoms with E-state index in [9.17, 15) is 4.79 Å². The third kappa shape index (κ3) is 7.23. The van der Waals surface area contributed by atoms with Gasteiger partial charge in [0.05, 0.1) is 11.8 Å². The predicted octanol–water partition coefficient (Wildman–Crippen LogP) is 8.24. The molecule has 1 aliphatic heterocycles. The van der Waals surface area contributed by atoms with Gasteiger partial charge in [0.2, 0.25) is 0 Å². The van der Waals surface area contributed by atoms with Crippen molar-refractivity contribution < 1.29 is 9.53 Å². The normalized spacial score (nSPS) is 15.8. The van der Waals surface area contributed by atoms with Gasteiger partial charge in [0.15, 0.2) is 6.29 Å². The first kappa shape index (κ1) is 29.9. The average Bonchev–Trinajstić information content (AvgIpc) is 3.00. The van der Waals surface area contributed by atoms with Crippen molar-refractivity contribution in [2.75, 3.05) is 43.4 Å². The summed E-state index contributed by atoms with van der Waals surface area (Å²) in [5, 5.41) is 3.92. The van der Waals surface area contributed by atoms with Crippen molar-refractivity contribution in [1.82, 2.24) is 9.88 Å². The molecule has 0 bridgehead atoms. The van der Waals surface area contributed by atoms with Crippen LogP contribution in [-0.2, 0) is 6.42 Å². The van der Waals surface area contributed by atoms with Crippen LogP contribution in [0.2, 0.25) is 5.02 Å². The lowest BCUT2D eigenvalue weighted by Gasteiger charge is -2.36. The number of fused-ring (bicyclic) bond motifs is 1. The topological polar surface area (TPSA) is 57.7 Å². The summed E-state index contributed by atoms with van der Waals surface area (Å²) in [6.07, 6.45) is 10.7. The molecule has 2 heterocycles.